The first-order valence-electron chi connectivity index (χ1n) is 8.54. The quantitative estimate of drug-likeness (QED) is 0.745. The highest BCUT2D eigenvalue weighted by molar-refractivity contribution is 6.07. The predicted octanol–water partition coefficient (Wildman–Crippen LogP) is 3.08. The van der Waals surface area contributed by atoms with Crippen molar-refractivity contribution >= 4 is 16.7 Å². The zero-order valence-corrected chi connectivity index (χ0v) is 14.1. The zero-order valence-electron chi connectivity index (χ0n) is 14.1. The number of nitrogens with zero attached hydrogens (tertiary/aromatic N) is 1. The molecule has 0 spiro atoms. The highest BCUT2D eigenvalue weighted by Gasteiger charge is 2.21. The van der Waals surface area contributed by atoms with E-state index in [1.807, 2.05) is 18.2 Å². The minimum absolute atomic E-state index is 0.0686. The summed E-state index contributed by atoms with van der Waals surface area (Å²) in [6.45, 7) is 0.650. The lowest BCUT2D eigenvalue weighted by atomic mass is 9.91. The Labute approximate surface area is 145 Å². The van der Waals surface area contributed by atoms with Crippen molar-refractivity contribution in [2.45, 2.75) is 19.3 Å². The molecular formula is C20H20N2O3. The second-order valence-corrected chi connectivity index (χ2v) is 6.68. The summed E-state index contributed by atoms with van der Waals surface area (Å²) in [4.78, 5) is 27.8. The van der Waals surface area contributed by atoms with E-state index >= 15 is 0 Å². The van der Waals surface area contributed by atoms with Crippen LogP contribution in [0, 0.1) is 5.92 Å². The SMILES string of the molecule is Cn1cc(C(=O)CCC2COc3ccccc3C2)c2cc[nH]c2c1=O. The summed E-state index contributed by atoms with van der Waals surface area (Å²) in [6.07, 6.45) is 5.52. The molecule has 0 bridgehead atoms. The molecule has 3 heterocycles. The fourth-order valence-corrected chi connectivity index (χ4v) is 3.54. The van der Waals surface area contributed by atoms with Gasteiger partial charge in [-0.3, -0.25) is 9.59 Å². The standard InChI is InChI=1S/C20H20N2O3/c1-22-11-16(15-8-9-21-19(15)20(22)24)17(23)7-6-13-10-14-4-2-3-5-18(14)25-12-13/h2-5,8-9,11,13,21H,6-7,10,12H2,1H3. The van der Waals surface area contributed by atoms with Gasteiger partial charge in [0.05, 0.1) is 6.61 Å². The van der Waals surface area contributed by atoms with E-state index in [2.05, 4.69) is 11.1 Å². The molecule has 3 aromatic rings. The van der Waals surface area contributed by atoms with Crippen LogP contribution in [0.5, 0.6) is 5.75 Å². The van der Waals surface area contributed by atoms with Gasteiger partial charge < -0.3 is 14.3 Å². The first kappa shape index (κ1) is 15.7. The molecule has 5 heteroatoms. The van der Waals surface area contributed by atoms with Crippen molar-refractivity contribution in [3.05, 3.63) is 64.2 Å². The fourth-order valence-electron chi connectivity index (χ4n) is 3.54. The van der Waals surface area contributed by atoms with Crippen molar-refractivity contribution in [2.24, 2.45) is 13.0 Å². The number of fused-ring (bicyclic) bond motifs is 2. The van der Waals surface area contributed by atoms with Crippen LogP contribution in [0.3, 0.4) is 0 Å². The first-order valence-corrected chi connectivity index (χ1v) is 8.54. The van der Waals surface area contributed by atoms with Crippen LogP contribution >= 0.6 is 0 Å². The number of rotatable bonds is 4. The van der Waals surface area contributed by atoms with Gasteiger partial charge in [-0.25, -0.2) is 0 Å². The van der Waals surface area contributed by atoms with Gasteiger partial charge >= 0.3 is 0 Å². The largest absolute Gasteiger partial charge is 0.493 e. The number of benzene rings is 1. The maximum Gasteiger partial charge on any atom is 0.274 e. The van der Waals surface area contributed by atoms with Crippen LogP contribution in [0.25, 0.3) is 10.9 Å². The number of aryl methyl sites for hydroxylation is 1. The molecule has 5 nitrogen and oxygen atoms in total. The molecule has 0 fully saturated rings. The molecule has 0 saturated heterocycles. The van der Waals surface area contributed by atoms with E-state index in [4.69, 9.17) is 4.74 Å². The van der Waals surface area contributed by atoms with Crippen molar-refractivity contribution in [3.8, 4) is 5.75 Å². The lowest BCUT2D eigenvalue weighted by Crippen LogP contribution is -2.22. The molecule has 1 atom stereocenters. The second kappa shape index (κ2) is 6.24. The van der Waals surface area contributed by atoms with Gasteiger partial charge in [0.15, 0.2) is 5.78 Å². The number of Topliss-reactive ketones (excluding diaryl/α,β-unsaturated/α-hetero) is 1. The van der Waals surface area contributed by atoms with Gasteiger partial charge in [0.25, 0.3) is 5.56 Å². The van der Waals surface area contributed by atoms with Crippen molar-refractivity contribution in [2.75, 3.05) is 6.61 Å². The molecule has 1 aliphatic rings. The number of ether oxygens (including phenoxy) is 1. The number of hydrogen-bond acceptors (Lipinski definition) is 3. The molecule has 128 valence electrons. The number of carbonyl (C=O) groups excluding carboxylic acids is 1. The average molecular weight is 336 g/mol. The maximum atomic E-state index is 12.7. The Morgan fingerprint density at radius 1 is 1.32 bits per heavy atom. The molecule has 0 saturated carbocycles. The number of para-hydroxylation sites is 1. The van der Waals surface area contributed by atoms with Gasteiger partial charge in [0, 0.05) is 36.8 Å². The lowest BCUT2D eigenvalue weighted by molar-refractivity contribution is 0.0966. The van der Waals surface area contributed by atoms with Crippen molar-refractivity contribution in [3.63, 3.8) is 0 Å². The number of aromatic nitrogens is 2. The predicted molar refractivity (Wildman–Crippen MR) is 96.2 cm³/mol. The third kappa shape index (κ3) is 2.86. The number of pyridine rings is 1. The van der Waals surface area contributed by atoms with Crippen LogP contribution in [-0.2, 0) is 13.5 Å². The van der Waals surface area contributed by atoms with Crippen LogP contribution in [0.4, 0.5) is 0 Å². The number of carbonyl (C=O) groups is 1. The molecule has 4 rings (SSSR count). The Kier molecular flexibility index (Phi) is 3.92. The Bertz CT molecular complexity index is 1000. The third-order valence-electron chi connectivity index (χ3n) is 4.93. The lowest BCUT2D eigenvalue weighted by Gasteiger charge is -2.25. The molecule has 0 amide bonds. The summed E-state index contributed by atoms with van der Waals surface area (Å²) in [5.41, 5.74) is 2.19. The van der Waals surface area contributed by atoms with Crippen molar-refractivity contribution in [1.82, 2.24) is 9.55 Å². The summed E-state index contributed by atoms with van der Waals surface area (Å²) < 4.78 is 7.27. The summed E-state index contributed by atoms with van der Waals surface area (Å²) in [5.74, 6) is 1.37. The minimum Gasteiger partial charge on any atom is -0.493 e. The first-order chi connectivity index (χ1) is 12.1. The molecule has 0 aliphatic carbocycles. The van der Waals surface area contributed by atoms with E-state index in [0.29, 0.717) is 35.4 Å². The summed E-state index contributed by atoms with van der Waals surface area (Å²) in [5, 5.41) is 0.707. The van der Waals surface area contributed by atoms with E-state index in [1.54, 1.807) is 25.5 Å². The number of ketones is 1. The van der Waals surface area contributed by atoms with Crippen molar-refractivity contribution < 1.29 is 9.53 Å². The van der Waals surface area contributed by atoms with Crippen LogP contribution in [-0.4, -0.2) is 21.9 Å². The normalized spacial score (nSPS) is 16.4. The zero-order chi connectivity index (χ0) is 17.4. The summed E-state index contributed by atoms with van der Waals surface area (Å²) >= 11 is 0. The molecule has 2 aromatic heterocycles. The van der Waals surface area contributed by atoms with E-state index in [0.717, 1.165) is 18.6 Å². The highest BCUT2D eigenvalue weighted by Crippen LogP contribution is 2.29. The number of aromatic amines is 1. The topological polar surface area (TPSA) is 64.1 Å². The molecule has 0 radical (unpaired) electrons. The van der Waals surface area contributed by atoms with Crippen molar-refractivity contribution in [1.29, 1.82) is 0 Å². The average Bonchev–Trinajstić information content (AvgIpc) is 3.12. The smallest absolute Gasteiger partial charge is 0.274 e. The van der Waals surface area contributed by atoms with E-state index in [1.165, 1.54) is 10.1 Å². The van der Waals surface area contributed by atoms with Crippen LogP contribution in [0.15, 0.2) is 47.5 Å². The Morgan fingerprint density at radius 3 is 3.04 bits per heavy atom. The highest BCUT2D eigenvalue weighted by atomic mass is 16.5. The van der Waals surface area contributed by atoms with E-state index in [-0.39, 0.29) is 11.3 Å². The van der Waals surface area contributed by atoms with Gasteiger partial charge in [-0.15, -0.1) is 0 Å². The maximum absolute atomic E-state index is 12.7. The van der Waals surface area contributed by atoms with Crippen LogP contribution < -0.4 is 10.3 Å². The van der Waals surface area contributed by atoms with E-state index < -0.39 is 0 Å². The molecule has 25 heavy (non-hydrogen) atoms. The second-order valence-electron chi connectivity index (χ2n) is 6.68. The Hall–Kier alpha value is -2.82. The third-order valence-corrected chi connectivity index (χ3v) is 4.93. The number of hydrogen-bond donors (Lipinski definition) is 1. The van der Waals surface area contributed by atoms with Gasteiger partial charge in [-0.05, 0) is 36.5 Å². The Morgan fingerprint density at radius 2 is 2.16 bits per heavy atom. The molecule has 1 aliphatic heterocycles. The Balaban J connectivity index is 1.50. The monoisotopic (exact) mass is 336 g/mol. The fraction of sp³-hybridized carbons (Fsp3) is 0.300. The van der Waals surface area contributed by atoms with Gasteiger partial charge in [0.2, 0.25) is 0 Å². The van der Waals surface area contributed by atoms with Crippen LogP contribution in [0.2, 0.25) is 0 Å². The van der Waals surface area contributed by atoms with Gasteiger partial charge in [0.1, 0.15) is 11.3 Å². The van der Waals surface area contributed by atoms with Crippen LogP contribution in [0.1, 0.15) is 28.8 Å². The number of H-pyrrole nitrogens is 1. The minimum atomic E-state index is -0.117. The van der Waals surface area contributed by atoms with Gasteiger partial charge in [-0.1, -0.05) is 18.2 Å². The molecule has 1 unspecified atom stereocenters. The summed E-state index contributed by atoms with van der Waals surface area (Å²) in [6, 6.07) is 9.86. The number of nitrogens with one attached hydrogen (secondary N) is 1. The molecule has 1 N–H and O–H groups in total. The van der Waals surface area contributed by atoms with E-state index in [9.17, 15) is 9.59 Å². The molecule has 1 aromatic carbocycles. The van der Waals surface area contributed by atoms with Gasteiger partial charge in [-0.2, -0.15) is 0 Å². The summed E-state index contributed by atoms with van der Waals surface area (Å²) in [7, 11) is 1.67. The molecular weight excluding hydrogens is 316 g/mol.